The summed E-state index contributed by atoms with van der Waals surface area (Å²) < 4.78 is 5.05. The summed E-state index contributed by atoms with van der Waals surface area (Å²) in [4.78, 5) is 11.4. The van der Waals surface area contributed by atoms with Gasteiger partial charge in [0.15, 0.2) is 0 Å². The number of carbonyl (C=O) groups excluding carboxylic acids is 1. The third kappa shape index (κ3) is 4.00. The maximum atomic E-state index is 11.4. The largest absolute Gasteiger partial charge is 0.497 e. The predicted octanol–water partition coefficient (Wildman–Crippen LogP) is 2.77. The fraction of sp³-hybridized carbons (Fsp3) is 0.154. The molecule has 0 heterocycles. The van der Waals surface area contributed by atoms with E-state index in [9.17, 15) is 4.79 Å². The van der Waals surface area contributed by atoms with Crippen LogP contribution in [0.3, 0.4) is 0 Å². The van der Waals surface area contributed by atoms with E-state index in [-0.39, 0.29) is 5.91 Å². The van der Waals surface area contributed by atoms with Gasteiger partial charge in [0.2, 0.25) is 5.91 Å². The van der Waals surface area contributed by atoms with Gasteiger partial charge in [-0.1, -0.05) is 24.3 Å². The minimum Gasteiger partial charge on any atom is -0.497 e. The first-order chi connectivity index (χ1) is 7.76. The third-order valence-corrected chi connectivity index (χ3v) is 1.89. The van der Waals surface area contributed by atoms with Crippen LogP contribution in [0.5, 0.6) is 5.75 Å². The Labute approximate surface area is 95.4 Å². The van der Waals surface area contributed by atoms with Gasteiger partial charge < -0.3 is 10.1 Å². The van der Waals surface area contributed by atoms with E-state index in [4.69, 9.17) is 4.74 Å². The molecule has 0 bridgehead atoms. The second kappa shape index (κ2) is 6.45. The number of benzene rings is 1. The number of carbonyl (C=O) groups is 1. The number of anilines is 1. The van der Waals surface area contributed by atoms with Crippen molar-refractivity contribution < 1.29 is 9.53 Å². The zero-order valence-electron chi connectivity index (χ0n) is 9.44. The lowest BCUT2D eigenvalue weighted by molar-refractivity contribution is -0.111. The highest BCUT2D eigenvalue weighted by Gasteiger charge is 1.98. The maximum absolute atomic E-state index is 11.4. The van der Waals surface area contributed by atoms with Crippen LogP contribution in [-0.4, -0.2) is 13.0 Å². The van der Waals surface area contributed by atoms with Crippen molar-refractivity contribution in [2.75, 3.05) is 12.4 Å². The molecule has 84 valence electrons. The number of allylic oxidation sites excluding steroid dienone is 3. The van der Waals surface area contributed by atoms with Gasteiger partial charge in [-0.05, 0) is 19.1 Å². The zero-order chi connectivity index (χ0) is 11.8. The lowest BCUT2D eigenvalue weighted by Gasteiger charge is -2.04. The molecule has 0 unspecified atom stereocenters. The number of nitrogens with one attached hydrogen (secondary N) is 1. The van der Waals surface area contributed by atoms with Crippen molar-refractivity contribution in [2.45, 2.75) is 6.92 Å². The van der Waals surface area contributed by atoms with Crippen molar-refractivity contribution in [3.05, 3.63) is 48.6 Å². The molecule has 3 nitrogen and oxygen atoms in total. The van der Waals surface area contributed by atoms with Crippen molar-refractivity contribution >= 4 is 11.6 Å². The summed E-state index contributed by atoms with van der Waals surface area (Å²) in [5.41, 5.74) is 0.717. The van der Waals surface area contributed by atoms with Gasteiger partial charge in [0.05, 0.1) is 7.11 Å². The topological polar surface area (TPSA) is 38.3 Å². The van der Waals surface area contributed by atoms with Crippen LogP contribution in [-0.2, 0) is 4.79 Å². The average molecular weight is 217 g/mol. The van der Waals surface area contributed by atoms with Crippen LogP contribution in [0.4, 0.5) is 5.69 Å². The number of hydrogen-bond acceptors (Lipinski definition) is 2. The molecule has 1 rings (SSSR count). The van der Waals surface area contributed by atoms with Crippen molar-refractivity contribution in [2.24, 2.45) is 0 Å². The predicted molar refractivity (Wildman–Crippen MR) is 65.6 cm³/mol. The molecule has 0 aliphatic heterocycles. The molecule has 1 aromatic carbocycles. The minimum atomic E-state index is -0.161. The van der Waals surface area contributed by atoms with Crippen LogP contribution < -0.4 is 10.1 Å². The zero-order valence-corrected chi connectivity index (χ0v) is 9.44. The van der Waals surface area contributed by atoms with Gasteiger partial charge in [0.25, 0.3) is 0 Å². The number of methoxy groups -OCH3 is 1. The molecule has 0 aliphatic carbocycles. The molecular weight excluding hydrogens is 202 g/mol. The van der Waals surface area contributed by atoms with Crippen LogP contribution in [0.1, 0.15) is 6.92 Å². The van der Waals surface area contributed by atoms with Crippen molar-refractivity contribution in [3.8, 4) is 5.75 Å². The molecule has 1 aromatic rings. The normalized spacial score (nSPS) is 10.9. The quantitative estimate of drug-likeness (QED) is 0.622. The summed E-state index contributed by atoms with van der Waals surface area (Å²) in [6.07, 6.45) is 6.81. The Morgan fingerprint density at radius 3 is 2.88 bits per heavy atom. The lowest BCUT2D eigenvalue weighted by Crippen LogP contribution is -2.07. The average Bonchev–Trinajstić information content (AvgIpc) is 2.29. The Morgan fingerprint density at radius 2 is 2.19 bits per heavy atom. The Bertz CT molecular complexity index is 408. The van der Waals surface area contributed by atoms with E-state index in [1.165, 1.54) is 6.08 Å². The molecule has 0 saturated heterocycles. The molecule has 16 heavy (non-hydrogen) atoms. The van der Waals surface area contributed by atoms with Gasteiger partial charge in [-0.3, -0.25) is 4.79 Å². The van der Waals surface area contributed by atoms with E-state index < -0.39 is 0 Å². The van der Waals surface area contributed by atoms with Crippen LogP contribution in [0.25, 0.3) is 0 Å². The van der Waals surface area contributed by atoms with E-state index in [1.54, 1.807) is 25.3 Å². The molecule has 1 amide bonds. The van der Waals surface area contributed by atoms with E-state index in [0.717, 1.165) is 11.4 Å². The maximum Gasteiger partial charge on any atom is 0.248 e. The Balaban J connectivity index is 2.62. The molecule has 0 aliphatic rings. The van der Waals surface area contributed by atoms with Crippen LogP contribution in [0.2, 0.25) is 0 Å². The molecule has 0 spiro atoms. The highest BCUT2D eigenvalue weighted by atomic mass is 16.5. The first-order valence-electron chi connectivity index (χ1n) is 5.00. The van der Waals surface area contributed by atoms with E-state index in [2.05, 4.69) is 5.32 Å². The molecule has 1 N–H and O–H groups in total. The molecule has 0 radical (unpaired) electrons. The van der Waals surface area contributed by atoms with Crippen molar-refractivity contribution in [1.29, 1.82) is 0 Å². The number of amides is 1. The Kier molecular flexibility index (Phi) is 4.86. The van der Waals surface area contributed by atoms with Gasteiger partial charge in [0, 0.05) is 17.8 Å². The van der Waals surface area contributed by atoms with E-state index >= 15 is 0 Å². The van der Waals surface area contributed by atoms with Gasteiger partial charge in [0.1, 0.15) is 5.75 Å². The monoisotopic (exact) mass is 217 g/mol. The standard InChI is InChI=1S/C13H15NO2/c1-3-4-5-9-13(15)14-11-7-6-8-12(10-11)16-2/h3-10H,1-2H3,(H,14,15)/b4-3?,9-5+. The van der Waals surface area contributed by atoms with E-state index in [1.807, 2.05) is 31.2 Å². The summed E-state index contributed by atoms with van der Waals surface area (Å²) in [6.45, 7) is 1.89. The van der Waals surface area contributed by atoms with Gasteiger partial charge in [-0.2, -0.15) is 0 Å². The highest BCUT2D eigenvalue weighted by molar-refractivity contribution is 5.99. The van der Waals surface area contributed by atoms with E-state index in [0.29, 0.717) is 0 Å². The fourth-order valence-corrected chi connectivity index (χ4v) is 1.14. The third-order valence-electron chi connectivity index (χ3n) is 1.89. The number of hydrogen-bond donors (Lipinski definition) is 1. The van der Waals surface area contributed by atoms with Crippen LogP contribution >= 0.6 is 0 Å². The second-order valence-corrected chi connectivity index (χ2v) is 3.11. The van der Waals surface area contributed by atoms with Crippen molar-refractivity contribution in [3.63, 3.8) is 0 Å². The number of ether oxygens (including phenoxy) is 1. The summed E-state index contributed by atoms with van der Waals surface area (Å²) in [6, 6.07) is 7.22. The summed E-state index contributed by atoms with van der Waals surface area (Å²) >= 11 is 0. The fourth-order valence-electron chi connectivity index (χ4n) is 1.14. The molecule has 0 atom stereocenters. The first kappa shape index (κ1) is 12.0. The summed E-state index contributed by atoms with van der Waals surface area (Å²) in [5, 5.41) is 2.74. The first-order valence-corrected chi connectivity index (χ1v) is 5.00. The lowest BCUT2D eigenvalue weighted by atomic mass is 10.3. The molecular formula is C13H15NO2. The minimum absolute atomic E-state index is 0.161. The Hall–Kier alpha value is -2.03. The molecule has 0 fully saturated rings. The molecule has 0 saturated carbocycles. The van der Waals surface area contributed by atoms with Crippen LogP contribution in [0.15, 0.2) is 48.6 Å². The smallest absolute Gasteiger partial charge is 0.248 e. The van der Waals surface area contributed by atoms with Crippen molar-refractivity contribution in [1.82, 2.24) is 0 Å². The van der Waals surface area contributed by atoms with Gasteiger partial charge in [-0.25, -0.2) is 0 Å². The second-order valence-electron chi connectivity index (χ2n) is 3.11. The van der Waals surface area contributed by atoms with Crippen LogP contribution in [0, 0.1) is 0 Å². The van der Waals surface area contributed by atoms with Gasteiger partial charge >= 0.3 is 0 Å². The SMILES string of the molecule is CC=C/C=C/C(=O)Nc1cccc(OC)c1. The number of rotatable bonds is 4. The molecule has 3 heteroatoms. The summed E-state index contributed by atoms with van der Waals surface area (Å²) in [5.74, 6) is 0.557. The highest BCUT2D eigenvalue weighted by Crippen LogP contribution is 2.16. The van der Waals surface area contributed by atoms with Gasteiger partial charge in [-0.15, -0.1) is 0 Å². The Morgan fingerprint density at radius 1 is 1.38 bits per heavy atom. The molecule has 0 aromatic heterocycles. The summed E-state index contributed by atoms with van der Waals surface area (Å²) in [7, 11) is 1.59.